The first kappa shape index (κ1) is 32.6. The van der Waals surface area contributed by atoms with Crippen LogP contribution in [0.2, 0.25) is 0 Å². The highest BCUT2D eigenvalue weighted by Gasteiger charge is 2.22. The van der Waals surface area contributed by atoms with Gasteiger partial charge in [-0.3, -0.25) is 14.4 Å². The van der Waals surface area contributed by atoms with E-state index in [0.29, 0.717) is 35.2 Å². The lowest BCUT2D eigenvalue weighted by Crippen LogP contribution is -2.33. The quantitative estimate of drug-likeness (QED) is 0.208. The van der Waals surface area contributed by atoms with Crippen molar-refractivity contribution in [3.05, 3.63) is 92.8 Å². The second-order valence-electron chi connectivity index (χ2n) is 11.5. The van der Waals surface area contributed by atoms with Gasteiger partial charge in [0.2, 0.25) is 0 Å². The molecule has 0 bridgehead atoms. The molecule has 0 unspecified atom stereocenters. The Morgan fingerprint density at radius 3 is 2.16 bits per heavy atom. The van der Waals surface area contributed by atoms with E-state index in [2.05, 4.69) is 16.0 Å². The number of amides is 3. The van der Waals surface area contributed by atoms with Gasteiger partial charge in [-0.1, -0.05) is 18.2 Å². The van der Waals surface area contributed by atoms with Crippen molar-refractivity contribution in [1.82, 2.24) is 5.32 Å². The molecule has 0 saturated heterocycles. The lowest BCUT2D eigenvalue weighted by atomic mass is 10.1. The number of methoxy groups -OCH3 is 2. The largest absolute Gasteiger partial charge is 0.493 e. The molecule has 0 spiro atoms. The Morgan fingerprint density at radius 1 is 0.844 bits per heavy atom. The summed E-state index contributed by atoms with van der Waals surface area (Å²) in [6.07, 6.45) is 0.0701. The van der Waals surface area contributed by atoms with Gasteiger partial charge < -0.3 is 34.6 Å². The van der Waals surface area contributed by atoms with Crippen molar-refractivity contribution in [2.24, 2.45) is 0 Å². The van der Waals surface area contributed by atoms with Gasteiger partial charge in [0, 0.05) is 24.4 Å². The summed E-state index contributed by atoms with van der Waals surface area (Å²) in [6.45, 7) is 9.44. The van der Waals surface area contributed by atoms with Gasteiger partial charge in [0.1, 0.15) is 11.2 Å². The highest BCUT2D eigenvalue weighted by Crippen LogP contribution is 2.34. The molecular formula is C34H37N3O8. The van der Waals surface area contributed by atoms with E-state index < -0.39 is 23.5 Å². The van der Waals surface area contributed by atoms with Gasteiger partial charge >= 0.3 is 6.09 Å². The number of hydrogen-bond acceptors (Lipinski definition) is 8. The molecule has 4 rings (SSSR count). The Labute approximate surface area is 260 Å². The molecule has 11 nitrogen and oxygen atoms in total. The van der Waals surface area contributed by atoms with Crippen LogP contribution in [0.15, 0.2) is 63.8 Å². The maximum atomic E-state index is 13.5. The predicted octanol–water partition coefficient (Wildman–Crippen LogP) is 6.00. The van der Waals surface area contributed by atoms with Crippen LogP contribution in [0.5, 0.6) is 11.5 Å². The van der Waals surface area contributed by atoms with Crippen molar-refractivity contribution in [1.29, 1.82) is 0 Å². The number of benzene rings is 3. The number of fused-ring (bicyclic) bond motifs is 1. The molecule has 1 heterocycles. The molecule has 0 saturated carbocycles. The molecule has 0 aliphatic carbocycles. The van der Waals surface area contributed by atoms with Crippen LogP contribution in [0.25, 0.3) is 11.0 Å². The Bertz CT molecular complexity index is 1800. The van der Waals surface area contributed by atoms with Gasteiger partial charge in [0.05, 0.1) is 30.9 Å². The number of anilines is 2. The number of ether oxygens (including phenoxy) is 3. The maximum Gasteiger partial charge on any atom is 0.407 e. The third-order valence-corrected chi connectivity index (χ3v) is 6.69. The van der Waals surface area contributed by atoms with E-state index in [1.54, 1.807) is 45.9 Å². The minimum absolute atomic E-state index is 0.0848. The molecule has 0 fully saturated rings. The molecule has 0 aliphatic heterocycles. The Morgan fingerprint density at radius 2 is 1.51 bits per heavy atom. The summed E-state index contributed by atoms with van der Waals surface area (Å²) < 4.78 is 21.9. The molecule has 3 amide bonds. The van der Waals surface area contributed by atoms with Gasteiger partial charge in [-0.2, -0.15) is 0 Å². The van der Waals surface area contributed by atoms with Crippen molar-refractivity contribution in [3.63, 3.8) is 0 Å². The van der Waals surface area contributed by atoms with Crippen LogP contribution >= 0.6 is 0 Å². The summed E-state index contributed by atoms with van der Waals surface area (Å²) >= 11 is 0. The Kier molecular flexibility index (Phi) is 9.81. The number of carbonyl (C=O) groups is 3. The van der Waals surface area contributed by atoms with E-state index in [0.717, 1.165) is 17.2 Å². The first-order chi connectivity index (χ1) is 21.3. The SMILES string of the molecule is COc1cc(NC(=O)c2cc(=O)c3cc(C)cc(C)c3o2)c(C(=O)Nc2ccc(CCNC(=O)OC(C)(C)C)cc2)cc1OC. The van der Waals surface area contributed by atoms with Gasteiger partial charge in [-0.05, 0) is 82.0 Å². The molecule has 1 aromatic heterocycles. The Hall–Kier alpha value is -5.32. The fourth-order valence-electron chi connectivity index (χ4n) is 4.65. The highest BCUT2D eigenvalue weighted by atomic mass is 16.6. The molecule has 236 valence electrons. The van der Waals surface area contributed by atoms with Crippen LogP contribution < -0.4 is 30.9 Å². The molecule has 0 aliphatic rings. The molecule has 11 heteroatoms. The number of rotatable bonds is 9. The number of alkyl carbamates (subject to hydrolysis) is 1. The highest BCUT2D eigenvalue weighted by molar-refractivity contribution is 6.12. The van der Waals surface area contributed by atoms with Crippen molar-refractivity contribution in [2.75, 3.05) is 31.4 Å². The molecule has 3 N–H and O–H groups in total. The molecule has 45 heavy (non-hydrogen) atoms. The molecule has 0 atom stereocenters. The van der Waals surface area contributed by atoms with E-state index in [1.165, 1.54) is 26.4 Å². The third kappa shape index (κ3) is 8.20. The summed E-state index contributed by atoms with van der Waals surface area (Å²) in [5, 5.41) is 8.60. The zero-order valence-electron chi connectivity index (χ0n) is 26.4. The first-order valence-corrected chi connectivity index (χ1v) is 14.3. The van der Waals surface area contributed by atoms with Crippen LogP contribution in [0, 0.1) is 13.8 Å². The monoisotopic (exact) mass is 615 g/mol. The van der Waals surface area contributed by atoms with Gasteiger partial charge in [0.15, 0.2) is 22.7 Å². The average Bonchev–Trinajstić information content (AvgIpc) is 2.97. The number of carbonyl (C=O) groups excluding carboxylic acids is 3. The first-order valence-electron chi connectivity index (χ1n) is 14.3. The minimum atomic E-state index is -0.723. The van der Waals surface area contributed by atoms with Gasteiger partial charge in [0.25, 0.3) is 11.8 Å². The molecule has 3 aromatic carbocycles. The van der Waals surface area contributed by atoms with E-state index in [4.69, 9.17) is 18.6 Å². The van der Waals surface area contributed by atoms with Gasteiger partial charge in [-0.25, -0.2) is 4.79 Å². The predicted molar refractivity (Wildman–Crippen MR) is 172 cm³/mol. The summed E-state index contributed by atoms with van der Waals surface area (Å²) in [5.41, 5.74) is 2.63. The van der Waals surface area contributed by atoms with Gasteiger partial charge in [-0.15, -0.1) is 0 Å². The van der Waals surface area contributed by atoms with Crippen molar-refractivity contribution < 1.29 is 33.0 Å². The van der Waals surface area contributed by atoms with E-state index >= 15 is 0 Å². The summed E-state index contributed by atoms with van der Waals surface area (Å²) in [5.74, 6) is -0.912. The lowest BCUT2D eigenvalue weighted by molar-refractivity contribution is 0.0528. The van der Waals surface area contributed by atoms with E-state index in [9.17, 15) is 19.2 Å². The average molecular weight is 616 g/mol. The second-order valence-corrected chi connectivity index (χ2v) is 11.5. The second kappa shape index (κ2) is 13.5. The van der Waals surface area contributed by atoms with E-state index in [-0.39, 0.29) is 33.9 Å². The van der Waals surface area contributed by atoms with Crippen molar-refractivity contribution in [3.8, 4) is 11.5 Å². The molecular weight excluding hydrogens is 578 g/mol. The zero-order valence-corrected chi connectivity index (χ0v) is 26.4. The Balaban J connectivity index is 1.53. The summed E-state index contributed by atoms with van der Waals surface area (Å²) in [7, 11) is 2.86. The normalized spacial score (nSPS) is 11.1. The fourth-order valence-corrected chi connectivity index (χ4v) is 4.65. The number of nitrogens with one attached hydrogen (secondary N) is 3. The topological polar surface area (TPSA) is 145 Å². The number of hydrogen-bond donors (Lipinski definition) is 3. The maximum absolute atomic E-state index is 13.5. The van der Waals surface area contributed by atoms with Crippen LogP contribution in [-0.4, -0.2) is 44.3 Å². The minimum Gasteiger partial charge on any atom is -0.493 e. The molecule has 0 radical (unpaired) electrons. The lowest BCUT2D eigenvalue weighted by Gasteiger charge is -2.19. The van der Waals surface area contributed by atoms with Crippen molar-refractivity contribution in [2.45, 2.75) is 46.6 Å². The van der Waals surface area contributed by atoms with Crippen LogP contribution in [0.4, 0.5) is 16.2 Å². The number of aryl methyl sites for hydroxylation is 2. The van der Waals surface area contributed by atoms with Crippen molar-refractivity contribution >= 4 is 40.3 Å². The van der Waals surface area contributed by atoms with E-state index in [1.807, 2.05) is 25.1 Å². The zero-order chi connectivity index (χ0) is 32.9. The standard InChI is InChI=1S/C34H37N3O8/c1-19-14-20(2)30-24(15-19)26(38)18-29(44-30)32(40)37-25-17-28(43-7)27(42-6)16-23(25)31(39)36-22-10-8-21(9-11-22)12-13-35-33(41)45-34(3,4)5/h8-11,14-18H,12-13H2,1-7H3,(H,35,41)(H,36,39)(H,37,40). The van der Waals surface area contributed by atoms with Crippen LogP contribution in [0.3, 0.4) is 0 Å². The fraction of sp³-hybridized carbons (Fsp3) is 0.294. The smallest absolute Gasteiger partial charge is 0.407 e. The van der Waals surface area contributed by atoms with Crippen LogP contribution in [-0.2, 0) is 11.2 Å². The summed E-state index contributed by atoms with van der Waals surface area (Å²) in [6, 6.07) is 14.7. The molecule has 4 aromatic rings. The third-order valence-electron chi connectivity index (χ3n) is 6.69. The van der Waals surface area contributed by atoms with Crippen LogP contribution in [0.1, 0.15) is 58.4 Å². The summed E-state index contributed by atoms with van der Waals surface area (Å²) in [4.78, 5) is 51.5.